The summed E-state index contributed by atoms with van der Waals surface area (Å²) in [6, 6.07) is 13.8. The van der Waals surface area contributed by atoms with Crippen molar-refractivity contribution < 1.29 is 19.0 Å². The van der Waals surface area contributed by atoms with Crippen molar-refractivity contribution in [3.63, 3.8) is 0 Å². The number of methoxy groups -OCH3 is 2. The molecule has 1 N–H and O–H groups in total. The molecule has 1 atom stereocenters. The van der Waals surface area contributed by atoms with Crippen molar-refractivity contribution in [2.45, 2.75) is 13.0 Å². The first-order valence-electron chi connectivity index (χ1n) is 7.27. The van der Waals surface area contributed by atoms with Crippen molar-refractivity contribution in [1.82, 2.24) is 0 Å². The Hall–Kier alpha value is -3.20. The average molecular weight is 326 g/mol. The van der Waals surface area contributed by atoms with Crippen LogP contribution in [0, 0.1) is 11.3 Å². The first-order valence-corrected chi connectivity index (χ1v) is 7.27. The molecule has 0 fully saturated rings. The second kappa shape index (κ2) is 7.88. The van der Waals surface area contributed by atoms with E-state index in [4.69, 9.17) is 19.5 Å². The first-order chi connectivity index (χ1) is 11.6. The molecule has 0 heterocycles. The highest BCUT2D eigenvalue weighted by Gasteiger charge is 2.17. The SMILES string of the molecule is COc1cccc(NC(=O)[C@@H](C)Oc2ccc(C#N)cc2OC)c1. The van der Waals surface area contributed by atoms with E-state index < -0.39 is 6.10 Å². The lowest BCUT2D eigenvalue weighted by Crippen LogP contribution is -2.30. The van der Waals surface area contributed by atoms with Gasteiger partial charge in [0.25, 0.3) is 5.91 Å². The molecule has 1 amide bonds. The summed E-state index contributed by atoms with van der Waals surface area (Å²) in [4.78, 5) is 12.3. The highest BCUT2D eigenvalue weighted by molar-refractivity contribution is 5.94. The van der Waals surface area contributed by atoms with Crippen LogP contribution in [0.25, 0.3) is 0 Å². The number of benzene rings is 2. The molecule has 0 bridgehead atoms. The van der Waals surface area contributed by atoms with Crippen LogP contribution in [0.4, 0.5) is 5.69 Å². The molecule has 2 rings (SSSR count). The van der Waals surface area contributed by atoms with Gasteiger partial charge in [0.05, 0.1) is 25.9 Å². The molecule has 0 unspecified atom stereocenters. The van der Waals surface area contributed by atoms with Crippen molar-refractivity contribution in [3.8, 4) is 23.3 Å². The van der Waals surface area contributed by atoms with Gasteiger partial charge < -0.3 is 19.5 Å². The van der Waals surface area contributed by atoms with Crippen molar-refractivity contribution >= 4 is 11.6 Å². The molecular formula is C18H18N2O4. The quantitative estimate of drug-likeness (QED) is 0.882. The van der Waals surface area contributed by atoms with Crippen LogP contribution in [0.1, 0.15) is 12.5 Å². The fraction of sp³-hybridized carbons (Fsp3) is 0.222. The lowest BCUT2D eigenvalue weighted by atomic mass is 10.2. The molecule has 124 valence electrons. The molecule has 0 aliphatic heterocycles. The van der Waals surface area contributed by atoms with Gasteiger partial charge in [-0.2, -0.15) is 5.26 Å². The summed E-state index contributed by atoms with van der Waals surface area (Å²) >= 11 is 0. The van der Waals surface area contributed by atoms with E-state index in [0.717, 1.165) is 0 Å². The number of anilines is 1. The molecule has 24 heavy (non-hydrogen) atoms. The van der Waals surface area contributed by atoms with Crippen LogP contribution < -0.4 is 19.5 Å². The summed E-state index contributed by atoms with van der Waals surface area (Å²) in [5, 5.41) is 11.7. The Kier molecular flexibility index (Phi) is 5.63. The fourth-order valence-electron chi connectivity index (χ4n) is 2.02. The van der Waals surface area contributed by atoms with Crippen molar-refractivity contribution in [1.29, 1.82) is 5.26 Å². The monoisotopic (exact) mass is 326 g/mol. The maximum atomic E-state index is 12.3. The van der Waals surface area contributed by atoms with Crippen LogP contribution >= 0.6 is 0 Å². The van der Waals surface area contributed by atoms with Gasteiger partial charge in [0.15, 0.2) is 17.6 Å². The number of nitrogens with one attached hydrogen (secondary N) is 1. The van der Waals surface area contributed by atoms with Crippen LogP contribution in [-0.4, -0.2) is 26.2 Å². The number of hydrogen-bond donors (Lipinski definition) is 1. The summed E-state index contributed by atoms with van der Waals surface area (Å²) in [5.74, 6) is 1.13. The zero-order valence-corrected chi connectivity index (χ0v) is 13.7. The number of amides is 1. The largest absolute Gasteiger partial charge is 0.497 e. The number of nitriles is 1. The van der Waals surface area contributed by atoms with Crippen LogP contribution in [0.5, 0.6) is 17.2 Å². The van der Waals surface area contributed by atoms with Gasteiger partial charge in [0.2, 0.25) is 0 Å². The number of hydrogen-bond acceptors (Lipinski definition) is 5. The van der Waals surface area contributed by atoms with Crippen LogP contribution in [0.15, 0.2) is 42.5 Å². The van der Waals surface area contributed by atoms with Gasteiger partial charge in [-0.3, -0.25) is 4.79 Å². The Morgan fingerprint density at radius 1 is 1.12 bits per heavy atom. The van der Waals surface area contributed by atoms with Crippen molar-refractivity contribution in [3.05, 3.63) is 48.0 Å². The van der Waals surface area contributed by atoms with Gasteiger partial charge in [0, 0.05) is 17.8 Å². The number of ether oxygens (including phenoxy) is 3. The lowest BCUT2D eigenvalue weighted by molar-refractivity contribution is -0.122. The first kappa shape index (κ1) is 17.2. The molecule has 0 aromatic heterocycles. The summed E-state index contributed by atoms with van der Waals surface area (Å²) in [7, 11) is 3.04. The van der Waals surface area contributed by atoms with E-state index in [1.54, 1.807) is 56.5 Å². The molecule has 0 aliphatic carbocycles. The fourth-order valence-corrected chi connectivity index (χ4v) is 2.02. The average Bonchev–Trinajstić information content (AvgIpc) is 2.62. The minimum Gasteiger partial charge on any atom is -0.497 e. The maximum Gasteiger partial charge on any atom is 0.265 e. The molecule has 0 radical (unpaired) electrons. The second-order valence-electron chi connectivity index (χ2n) is 4.96. The van der Waals surface area contributed by atoms with Gasteiger partial charge in [-0.25, -0.2) is 0 Å². The van der Waals surface area contributed by atoms with E-state index >= 15 is 0 Å². The summed E-state index contributed by atoms with van der Waals surface area (Å²) in [6.07, 6.45) is -0.752. The van der Waals surface area contributed by atoms with Gasteiger partial charge in [-0.05, 0) is 31.2 Å². The third-order valence-corrected chi connectivity index (χ3v) is 3.30. The van der Waals surface area contributed by atoms with Crippen LogP contribution in [0.2, 0.25) is 0 Å². The lowest BCUT2D eigenvalue weighted by Gasteiger charge is -2.17. The van der Waals surface area contributed by atoms with E-state index in [2.05, 4.69) is 5.32 Å². The predicted molar refractivity (Wildman–Crippen MR) is 89.4 cm³/mol. The molecule has 2 aromatic rings. The Bertz CT molecular complexity index is 768. The minimum atomic E-state index is -0.752. The van der Waals surface area contributed by atoms with Crippen LogP contribution in [0.3, 0.4) is 0 Å². The molecule has 0 spiro atoms. The third kappa shape index (κ3) is 4.17. The summed E-state index contributed by atoms with van der Waals surface area (Å²) in [5.41, 5.74) is 1.06. The molecule has 0 saturated heterocycles. The number of carbonyl (C=O) groups excluding carboxylic acids is 1. The third-order valence-electron chi connectivity index (χ3n) is 3.30. The van der Waals surface area contributed by atoms with E-state index in [0.29, 0.717) is 28.5 Å². The standard InChI is InChI=1S/C18H18N2O4/c1-12(18(21)20-14-5-4-6-15(10-14)22-2)24-16-8-7-13(11-19)9-17(16)23-3/h4-10,12H,1-3H3,(H,20,21)/t12-/m1/s1. The molecular weight excluding hydrogens is 308 g/mol. The summed E-state index contributed by atoms with van der Waals surface area (Å²) < 4.78 is 16.0. The van der Waals surface area contributed by atoms with E-state index in [1.807, 2.05) is 6.07 Å². The van der Waals surface area contributed by atoms with Gasteiger partial charge in [0.1, 0.15) is 5.75 Å². The Balaban J connectivity index is 2.07. The molecule has 6 nitrogen and oxygen atoms in total. The number of carbonyl (C=O) groups is 1. The van der Waals surface area contributed by atoms with E-state index in [-0.39, 0.29) is 5.91 Å². The Morgan fingerprint density at radius 2 is 1.92 bits per heavy atom. The highest BCUT2D eigenvalue weighted by atomic mass is 16.5. The molecule has 2 aromatic carbocycles. The van der Waals surface area contributed by atoms with Crippen LogP contribution in [-0.2, 0) is 4.79 Å². The summed E-state index contributed by atoms with van der Waals surface area (Å²) in [6.45, 7) is 1.63. The van der Waals surface area contributed by atoms with Crippen molar-refractivity contribution in [2.75, 3.05) is 19.5 Å². The zero-order chi connectivity index (χ0) is 17.5. The maximum absolute atomic E-state index is 12.3. The molecule has 6 heteroatoms. The molecule has 0 aliphatic rings. The Morgan fingerprint density at radius 3 is 2.58 bits per heavy atom. The Labute approximate surface area is 140 Å². The zero-order valence-electron chi connectivity index (χ0n) is 13.7. The minimum absolute atomic E-state index is 0.310. The van der Waals surface area contributed by atoms with E-state index in [1.165, 1.54) is 7.11 Å². The topological polar surface area (TPSA) is 80.6 Å². The smallest absolute Gasteiger partial charge is 0.265 e. The van der Waals surface area contributed by atoms with E-state index in [9.17, 15) is 4.79 Å². The normalized spacial score (nSPS) is 11.1. The van der Waals surface area contributed by atoms with Gasteiger partial charge >= 0.3 is 0 Å². The number of nitrogens with zero attached hydrogens (tertiary/aromatic N) is 1. The second-order valence-corrected chi connectivity index (χ2v) is 4.96. The highest BCUT2D eigenvalue weighted by Crippen LogP contribution is 2.29. The number of rotatable bonds is 6. The van der Waals surface area contributed by atoms with Gasteiger partial charge in [-0.15, -0.1) is 0 Å². The van der Waals surface area contributed by atoms with Crippen molar-refractivity contribution in [2.24, 2.45) is 0 Å². The van der Waals surface area contributed by atoms with Gasteiger partial charge in [-0.1, -0.05) is 6.07 Å². The molecule has 0 saturated carbocycles. The predicted octanol–water partition coefficient (Wildman–Crippen LogP) is 2.98.